The molecule has 0 bridgehead atoms. The van der Waals surface area contributed by atoms with Gasteiger partial charge in [-0.2, -0.15) is 13.2 Å². The van der Waals surface area contributed by atoms with Crippen molar-refractivity contribution in [2.45, 2.75) is 25.1 Å². The van der Waals surface area contributed by atoms with Crippen molar-refractivity contribution >= 4 is 11.6 Å². The summed E-state index contributed by atoms with van der Waals surface area (Å²) in [6.45, 7) is 0.334. The molecule has 0 aromatic heterocycles. The number of ether oxygens (including phenoxy) is 1. The molecular weight excluding hydrogens is 327 g/mol. The molecule has 0 saturated heterocycles. The van der Waals surface area contributed by atoms with E-state index in [2.05, 4.69) is 0 Å². The predicted molar refractivity (Wildman–Crippen MR) is 83.7 cm³/mol. The van der Waals surface area contributed by atoms with Crippen molar-refractivity contribution < 1.29 is 17.9 Å². The van der Waals surface area contributed by atoms with Gasteiger partial charge in [0.1, 0.15) is 11.9 Å². The molecular formula is C17H15ClF3NO. The largest absolute Gasteiger partial charge is 0.488 e. The average molecular weight is 342 g/mol. The van der Waals surface area contributed by atoms with Crippen molar-refractivity contribution in [1.29, 1.82) is 0 Å². The second-order valence-corrected chi connectivity index (χ2v) is 5.93. The highest BCUT2D eigenvalue weighted by Gasteiger charge is 2.35. The molecule has 0 radical (unpaired) electrons. The summed E-state index contributed by atoms with van der Waals surface area (Å²) >= 11 is 5.75. The lowest BCUT2D eigenvalue weighted by atomic mass is 9.93. The number of rotatable bonds is 2. The van der Waals surface area contributed by atoms with Crippen LogP contribution in [0.5, 0.6) is 5.75 Å². The Bertz CT molecular complexity index is 730. The maximum atomic E-state index is 13.4. The van der Waals surface area contributed by atoms with Crippen molar-refractivity contribution in [2.75, 3.05) is 6.54 Å². The van der Waals surface area contributed by atoms with Crippen LogP contribution in [0.15, 0.2) is 36.4 Å². The molecule has 2 aromatic rings. The van der Waals surface area contributed by atoms with E-state index in [-0.39, 0.29) is 16.7 Å². The molecule has 2 nitrogen and oxygen atoms in total. The lowest BCUT2D eigenvalue weighted by molar-refractivity contribution is -0.137. The molecule has 1 aliphatic heterocycles. The van der Waals surface area contributed by atoms with E-state index in [1.807, 2.05) is 6.07 Å². The quantitative estimate of drug-likeness (QED) is 0.861. The second kappa shape index (κ2) is 6.06. The van der Waals surface area contributed by atoms with Crippen LogP contribution in [0, 0.1) is 0 Å². The average Bonchev–Trinajstić information content (AvgIpc) is 2.53. The molecule has 3 rings (SSSR count). The van der Waals surface area contributed by atoms with Crippen LogP contribution in [0.3, 0.4) is 0 Å². The van der Waals surface area contributed by atoms with Crippen molar-refractivity contribution in [1.82, 2.24) is 0 Å². The van der Waals surface area contributed by atoms with Crippen LogP contribution in [0.1, 0.15) is 17.5 Å². The van der Waals surface area contributed by atoms with Crippen LogP contribution >= 0.6 is 11.6 Å². The minimum absolute atomic E-state index is 0.0478. The molecule has 1 heterocycles. The Labute approximate surface area is 137 Å². The zero-order valence-electron chi connectivity index (χ0n) is 12.2. The molecule has 1 aliphatic rings. The summed E-state index contributed by atoms with van der Waals surface area (Å²) < 4.78 is 45.9. The van der Waals surface area contributed by atoms with Crippen molar-refractivity contribution in [3.63, 3.8) is 0 Å². The molecule has 0 fully saturated rings. The molecule has 2 N–H and O–H groups in total. The summed E-state index contributed by atoms with van der Waals surface area (Å²) in [6.07, 6.45) is -3.17. The van der Waals surface area contributed by atoms with E-state index in [9.17, 15) is 13.2 Å². The Hall–Kier alpha value is -1.72. The Morgan fingerprint density at radius 3 is 2.65 bits per heavy atom. The maximum absolute atomic E-state index is 13.4. The van der Waals surface area contributed by atoms with Gasteiger partial charge in [0.25, 0.3) is 0 Å². The number of nitrogens with two attached hydrogens (primary N) is 1. The van der Waals surface area contributed by atoms with E-state index in [1.165, 1.54) is 12.1 Å². The molecule has 122 valence electrons. The summed E-state index contributed by atoms with van der Waals surface area (Å²) in [5.74, 6) is 0.488. The number of fused-ring (bicyclic) bond motifs is 1. The van der Waals surface area contributed by atoms with Crippen LogP contribution in [0.4, 0.5) is 13.2 Å². The summed E-state index contributed by atoms with van der Waals surface area (Å²) in [5.41, 5.74) is 6.26. The Morgan fingerprint density at radius 2 is 1.96 bits per heavy atom. The molecule has 2 aromatic carbocycles. The molecule has 0 saturated carbocycles. The Balaban J connectivity index is 2.17. The molecule has 0 amide bonds. The molecule has 0 aliphatic carbocycles. The number of halogens is 4. The van der Waals surface area contributed by atoms with Crippen molar-refractivity contribution in [3.8, 4) is 16.9 Å². The standard InChI is InChI=1S/C17H15ClF3NO/c18-11-5-7-13(15(8-11)17(19,20)21)14-3-1-2-10-4-6-12(9-22)23-16(10)14/h1-3,5,7-8,12H,4,6,9,22H2/t12-/m1/s1. The smallest absolute Gasteiger partial charge is 0.417 e. The van der Waals surface area contributed by atoms with Gasteiger partial charge in [0.2, 0.25) is 0 Å². The lowest BCUT2D eigenvalue weighted by Crippen LogP contribution is -2.30. The SMILES string of the molecule is NC[C@H]1CCc2cccc(-c3ccc(Cl)cc3C(F)(F)F)c2O1. The Kier molecular flexibility index (Phi) is 4.25. The third-order valence-electron chi connectivity index (χ3n) is 3.96. The zero-order chi connectivity index (χ0) is 16.6. The molecule has 1 atom stereocenters. The highest BCUT2D eigenvalue weighted by atomic mass is 35.5. The number of hydrogen-bond donors (Lipinski definition) is 1. The first-order valence-electron chi connectivity index (χ1n) is 7.26. The fourth-order valence-electron chi connectivity index (χ4n) is 2.83. The summed E-state index contributed by atoms with van der Waals surface area (Å²) in [5, 5.41) is 0.0478. The van der Waals surface area contributed by atoms with Crippen LogP contribution < -0.4 is 10.5 Å². The van der Waals surface area contributed by atoms with Crippen LogP contribution in [-0.4, -0.2) is 12.6 Å². The Morgan fingerprint density at radius 1 is 1.17 bits per heavy atom. The number of hydrogen-bond acceptors (Lipinski definition) is 2. The van der Waals surface area contributed by atoms with Gasteiger partial charge in [-0.15, -0.1) is 0 Å². The van der Waals surface area contributed by atoms with E-state index in [1.54, 1.807) is 12.1 Å². The number of alkyl halides is 3. The number of para-hydroxylation sites is 1. The fraction of sp³-hybridized carbons (Fsp3) is 0.294. The summed E-state index contributed by atoms with van der Waals surface area (Å²) in [6, 6.07) is 9.03. The van der Waals surface area contributed by atoms with Crippen molar-refractivity contribution in [2.24, 2.45) is 5.73 Å². The van der Waals surface area contributed by atoms with Gasteiger partial charge < -0.3 is 10.5 Å². The monoisotopic (exact) mass is 341 g/mol. The first-order chi connectivity index (χ1) is 10.9. The highest BCUT2D eigenvalue weighted by Crippen LogP contribution is 2.44. The van der Waals surface area contributed by atoms with Gasteiger partial charge in [-0.3, -0.25) is 0 Å². The second-order valence-electron chi connectivity index (χ2n) is 5.50. The lowest BCUT2D eigenvalue weighted by Gasteiger charge is -2.27. The molecule has 0 unspecified atom stereocenters. The van der Waals surface area contributed by atoms with E-state index in [0.29, 0.717) is 17.9 Å². The van der Waals surface area contributed by atoms with Gasteiger partial charge in [-0.05, 0) is 36.1 Å². The van der Waals surface area contributed by atoms with Gasteiger partial charge in [0.15, 0.2) is 0 Å². The molecule has 23 heavy (non-hydrogen) atoms. The van der Waals surface area contributed by atoms with Gasteiger partial charge in [-0.25, -0.2) is 0 Å². The number of aryl methyl sites for hydroxylation is 1. The van der Waals surface area contributed by atoms with Gasteiger partial charge >= 0.3 is 6.18 Å². The van der Waals surface area contributed by atoms with Crippen molar-refractivity contribution in [3.05, 3.63) is 52.5 Å². The normalized spacial score (nSPS) is 17.5. The van der Waals surface area contributed by atoms with E-state index in [4.69, 9.17) is 22.1 Å². The third kappa shape index (κ3) is 3.16. The zero-order valence-corrected chi connectivity index (χ0v) is 12.9. The predicted octanol–water partition coefficient (Wildman–Crippen LogP) is 4.68. The third-order valence-corrected chi connectivity index (χ3v) is 4.19. The van der Waals surface area contributed by atoms with Gasteiger partial charge in [-0.1, -0.05) is 35.9 Å². The highest BCUT2D eigenvalue weighted by molar-refractivity contribution is 6.30. The van der Waals surface area contributed by atoms with E-state index < -0.39 is 11.7 Å². The molecule has 0 spiro atoms. The summed E-state index contributed by atoms with van der Waals surface area (Å²) in [4.78, 5) is 0. The first-order valence-corrected chi connectivity index (χ1v) is 7.63. The minimum atomic E-state index is -4.50. The minimum Gasteiger partial charge on any atom is -0.488 e. The van der Waals surface area contributed by atoms with E-state index in [0.717, 1.165) is 24.5 Å². The van der Waals surface area contributed by atoms with E-state index >= 15 is 0 Å². The van der Waals surface area contributed by atoms with Gasteiger partial charge in [0, 0.05) is 17.1 Å². The number of benzene rings is 2. The van der Waals surface area contributed by atoms with Crippen LogP contribution in [0.25, 0.3) is 11.1 Å². The first kappa shape index (κ1) is 16.1. The maximum Gasteiger partial charge on any atom is 0.417 e. The van der Waals surface area contributed by atoms with Crippen LogP contribution in [0.2, 0.25) is 5.02 Å². The summed E-state index contributed by atoms with van der Waals surface area (Å²) in [7, 11) is 0. The van der Waals surface area contributed by atoms with Crippen LogP contribution in [-0.2, 0) is 12.6 Å². The topological polar surface area (TPSA) is 35.2 Å². The fourth-order valence-corrected chi connectivity index (χ4v) is 3.00. The molecule has 6 heteroatoms. The van der Waals surface area contributed by atoms with Gasteiger partial charge in [0.05, 0.1) is 5.56 Å².